The molecule has 0 amide bonds. The standard InChI is InChI=1S/C7H16N2/c1-2-7-5-8-3-4-9-6-7/h7-9H,2-6H2,1H3. The molecule has 0 aliphatic carbocycles. The monoisotopic (exact) mass is 128 g/mol. The van der Waals surface area contributed by atoms with Gasteiger partial charge in [0.25, 0.3) is 0 Å². The van der Waals surface area contributed by atoms with E-state index in [0.29, 0.717) is 0 Å². The van der Waals surface area contributed by atoms with Crippen LogP contribution in [-0.2, 0) is 0 Å². The van der Waals surface area contributed by atoms with Crippen LogP contribution in [0.15, 0.2) is 0 Å². The highest BCUT2D eigenvalue weighted by Gasteiger charge is 2.07. The maximum absolute atomic E-state index is 3.39. The first kappa shape index (κ1) is 7.03. The maximum atomic E-state index is 3.39. The van der Waals surface area contributed by atoms with Crippen molar-refractivity contribution in [2.24, 2.45) is 5.92 Å². The second kappa shape index (κ2) is 3.85. The fraction of sp³-hybridized carbons (Fsp3) is 1.00. The van der Waals surface area contributed by atoms with Crippen LogP contribution in [0.3, 0.4) is 0 Å². The summed E-state index contributed by atoms with van der Waals surface area (Å²) in [6.45, 7) is 6.92. The summed E-state index contributed by atoms with van der Waals surface area (Å²) in [6, 6.07) is 0. The second-order valence-electron chi connectivity index (χ2n) is 2.68. The molecular weight excluding hydrogens is 112 g/mol. The van der Waals surface area contributed by atoms with Gasteiger partial charge in [0, 0.05) is 13.1 Å². The fourth-order valence-corrected chi connectivity index (χ4v) is 1.15. The lowest BCUT2D eigenvalue weighted by molar-refractivity contribution is 0.485. The zero-order valence-electron chi connectivity index (χ0n) is 6.11. The van der Waals surface area contributed by atoms with Gasteiger partial charge in [-0.3, -0.25) is 0 Å². The Labute approximate surface area is 57.0 Å². The summed E-state index contributed by atoms with van der Waals surface area (Å²) in [5, 5.41) is 6.77. The molecule has 1 aliphatic rings. The average Bonchev–Trinajstić information content (AvgIpc) is 2.13. The number of nitrogens with one attached hydrogen (secondary N) is 2. The molecule has 0 aromatic carbocycles. The van der Waals surface area contributed by atoms with Crippen LogP contribution in [0, 0.1) is 5.92 Å². The van der Waals surface area contributed by atoms with Gasteiger partial charge in [0.2, 0.25) is 0 Å². The zero-order valence-corrected chi connectivity index (χ0v) is 6.11. The van der Waals surface area contributed by atoms with Crippen LogP contribution in [0.1, 0.15) is 13.3 Å². The molecule has 1 rings (SSSR count). The fourth-order valence-electron chi connectivity index (χ4n) is 1.15. The van der Waals surface area contributed by atoms with E-state index in [-0.39, 0.29) is 0 Å². The summed E-state index contributed by atoms with van der Waals surface area (Å²) < 4.78 is 0. The summed E-state index contributed by atoms with van der Waals surface area (Å²) in [7, 11) is 0. The molecule has 54 valence electrons. The molecule has 1 fully saturated rings. The smallest absolute Gasteiger partial charge is 0.00768 e. The highest BCUT2D eigenvalue weighted by atomic mass is 15.0. The molecule has 0 bridgehead atoms. The first-order valence-corrected chi connectivity index (χ1v) is 3.85. The molecule has 0 aromatic rings. The molecule has 0 radical (unpaired) electrons. The predicted molar refractivity (Wildman–Crippen MR) is 39.5 cm³/mol. The van der Waals surface area contributed by atoms with Crippen molar-refractivity contribution in [1.29, 1.82) is 0 Å². The topological polar surface area (TPSA) is 24.1 Å². The van der Waals surface area contributed by atoms with Crippen LogP contribution in [0.4, 0.5) is 0 Å². The maximum Gasteiger partial charge on any atom is 0.00768 e. The third kappa shape index (κ3) is 2.33. The summed E-state index contributed by atoms with van der Waals surface area (Å²) in [4.78, 5) is 0. The van der Waals surface area contributed by atoms with Crippen LogP contribution < -0.4 is 10.6 Å². The van der Waals surface area contributed by atoms with E-state index in [0.717, 1.165) is 19.0 Å². The summed E-state index contributed by atoms with van der Waals surface area (Å²) in [5.74, 6) is 0.854. The Morgan fingerprint density at radius 2 is 1.78 bits per heavy atom. The third-order valence-corrected chi connectivity index (χ3v) is 1.92. The van der Waals surface area contributed by atoms with Crippen LogP contribution in [0.5, 0.6) is 0 Å². The van der Waals surface area contributed by atoms with Crippen molar-refractivity contribution in [3.8, 4) is 0 Å². The molecule has 0 unspecified atom stereocenters. The van der Waals surface area contributed by atoms with Gasteiger partial charge < -0.3 is 10.6 Å². The van der Waals surface area contributed by atoms with E-state index < -0.39 is 0 Å². The Bertz CT molecular complexity index is 65.3. The van der Waals surface area contributed by atoms with E-state index in [2.05, 4.69) is 17.6 Å². The first-order chi connectivity index (χ1) is 4.43. The van der Waals surface area contributed by atoms with Gasteiger partial charge in [-0.05, 0) is 19.0 Å². The van der Waals surface area contributed by atoms with Crippen LogP contribution >= 0.6 is 0 Å². The van der Waals surface area contributed by atoms with Gasteiger partial charge in [-0.2, -0.15) is 0 Å². The quantitative estimate of drug-likeness (QED) is 0.527. The van der Waals surface area contributed by atoms with E-state index in [9.17, 15) is 0 Å². The van der Waals surface area contributed by atoms with Crippen molar-refractivity contribution in [1.82, 2.24) is 10.6 Å². The minimum Gasteiger partial charge on any atom is -0.315 e. The lowest BCUT2D eigenvalue weighted by Crippen LogP contribution is -2.22. The van der Waals surface area contributed by atoms with E-state index >= 15 is 0 Å². The molecular formula is C7H16N2. The Kier molecular flexibility index (Phi) is 3.01. The molecule has 2 N–H and O–H groups in total. The van der Waals surface area contributed by atoms with Crippen molar-refractivity contribution in [3.05, 3.63) is 0 Å². The second-order valence-corrected chi connectivity index (χ2v) is 2.68. The van der Waals surface area contributed by atoms with Gasteiger partial charge in [-0.25, -0.2) is 0 Å². The number of hydrogen-bond donors (Lipinski definition) is 2. The van der Waals surface area contributed by atoms with E-state index in [1.54, 1.807) is 0 Å². The van der Waals surface area contributed by atoms with E-state index in [1.165, 1.54) is 19.5 Å². The van der Waals surface area contributed by atoms with Gasteiger partial charge in [0.15, 0.2) is 0 Å². The molecule has 1 saturated heterocycles. The molecule has 2 nitrogen and oxygen atoms in total. The SMILES string of the molecule is CCC1CNCCNC1. The van der Waals surface area contributed by atoms with Crippen molar-refractivity contribution in [3.63, 3.8) is 0 Å². The molecule has 0 spiro atoms. The minimum absolute atomic E-state index is 0.854. The zero-order chi connectivity index (χ0) is 6.53. The largest absolute Gasteiger partial charge is 0.315 e. The highest BCUT2D eigenvalue weighted by Crippen LogP contribution is 1.99. The number of rotatable bonds is 1. The Hall–Kier alpha value is -0.0800. The Morgan fingerprint density at radius 1 is 1.22 bits per heavy atom. The predicted octanol–water partition coefficient (Wildman–Crippen LogP) is 0.205. The van der Waals surface area contributed by atoms with Gasteiger partial charge in [-0.15, -0.1) is 0 Å². The van der Waals surface area contributed by atoms with Gasteiger partial charge in [-0.1, -0.05) is 13.3 Å². The van der Waals surface area contributed by atoms with E-state index in [1.807, 2.05) is 0 Å². The number of hydrogen-bond acceptors (Lipinski definition) is 2. The van der Waals surface area contributed by atoms with Crippen molar-refractivity contribution < 1.29 is 0 Å². The molecule has 0 aromatic heterocycles. The van der Waals surface area contributed by atoms with Crippen molar-refractivity contribution in [2.75, 3.05) is 26.2 Å². The van der Waals surface area contributed by atoms with E-state index in [4.69, 9.17) is 0 Å². The van der Waals surface area contributed by atoms with Crippen molar-refractivity contribution in [2.45, 2.75) is 13.3 Å². The van der Waals surface area contributed by atoms with Crippen molar-refractivity contribution >= 4 is 0 Å². The highest BCUT2D eigenvalue weighted by molar-refractivity contribution is 4.68. The summed E-state index contributed by atoms with van der Waals surface area (Å²) >= 11 is 0. The summed E-state index contributed by atoms with van der Waals surface area (Å²) in [5.41, 5.74) is 0. The average molecular weight is 128 g/mol. The van der Waals surface area contributed by atoms with Gasteiger partial charge >= 0.3 is 0 Å². The van der Waals surface area contributed by atoms with Crippen LogP contribution in [-0.4, -0.2) is 26.2 Å². The Morgan fingerprint density at radius 3 is 2.22 bits per heavy atom. The molecule has 0 atom stereocenters. The Balaban J connectivity index is 2.18. The normalized spacial score (nSPS) is 23.7. The molecule has 1 heterocycles. The molecule has 0 saturated carbocycles. The van der Waals surface area contributed by atoms with Crippen LogP contribution in [0.2, 0.25) is 0 Å². The molecule has 2 heteroatoms. The third-order valence-electron chi connectivity index (χ3n) is 1.92. The van der Waals surface area contributed by atoms with Gasteiger partial charge in [0.1, 0.15) is 0 Å². The lowest BCUT2D eigenvalue weighted by Gasteiger charge is -2.09. The molecule has 1 aliphatic heterocycles. The first-order valence-electron chi connectivity index (χ1n) is 3.85. The van der Waals surface area contributed by atoms with Crippen LogP contribution in [0.25, 0.3) is 0 Å². The summed E-state index contributed by atoms with van der Waals surface area (Å²) in [6.07, 6.45) is 1.29. The van der Waals surface area contributed by atoms with Gasteiger partial charge in [0.05, 0.1) is 0 Å². The lowest BCUT2D eigenvalue weighted by atomic mass is 10.1. The minimum atomic E-state index is 0.854. The molecule has 9 heavy (non-hydrogen) atoms.